The molecule has 0 amide bonds. The lowest BCUT2D eigenvalue weighted by Crippen LogP contribution is -1.92. The average Bonchev–Trinajstić information content (AvgIpc) is 2.15. The maximum absolute atomic E-state index is 7.91. The van der Waals surface area contributed by atoms with Crippen LogP contribution in [0.1, 0.15) is 26.7 Å². The quantitative estimate of drug-likeness (QED) is 0.466. The van der Waals surface area contributed by atoms with E-state index in [0.29, 0.717) is 13.2 Å². The van der Waals surface area contributed by atoms with Crippen molar-refractivity contribution in [2.45, 2.75) is 26.7 Å². The highest BCUT2D eigenvalue weighted by Crippen LogP contribution is 1.89. The van der Waals surface area contributed by atoms with E-state index >= 15 is 0 Å². The molecule has 0 radical (unpaired) electrons. The lowest BCUT2D eigenvalue weighted by atomic mass is 10.3. The molecule has 0 atom stereocenters. The number of nitrogens with zero attached hydrogens (tertiary/aromatic N) is 2. The van der Waals surface area contributed by atoms with Gasteiger partial charge in [-0.25, -0.2) is 0 Å². The fourth-order valence-electron chi connectivity index (χ4n) is 0.440. The summed E-state index contributed by atoms with van der Waals surface area (Å²) in [5.74, 6) is 0. The summed E-state index contributed by atoms with van der Waals surface area (Å²) >= 11 is 0. The smallest absolute Gasteiger partial charge is 0.286 e. The first-order valence-electron chi connectivity index (χ1n) is 3.93. The molecule has 0 spiro atoms. The molecule has 0 saturated carbocycles. The van der Waals surface area contributed by atoms with Crippen molar-refractivity contribution in [1.82, 2.24) is 0 Å². The van der Waals surface area contributed by atoms with Crippen molar-refractivity contribution >= 4 is 0 Å². The standard InChI is InChI=1S/C6H8N2O2.C2H6/c7-5-9-3-1-2-4-10-6-8;1-2/h1-4H2;1-2H3. The largest absolute Gasteiger partial charge is 0.428 e. The zero-order valence-corrected chi connectivity index (χ0v) is 7.54. The summed E-state index contributed by atoms with van der Waals surface area (Å²) in [6, 6.07) is 0. The van der Waals surface area contributed by atoms with Crippen molar-refractivity contribution in [2.24, 2.45) is 0 Å². The van der Waals surface area contributed by atoms with Gasteiger partial charge in [0.15, 0.2) is 0 Å². The zero-order valence-electron chi connectivity index (χ0n) is 7.54. The summed E-state index contributed by atoms with van der Waals surface area (Å²) in [6.45, 7) is 4.82. The van der Waals surface area contributed by atoms with Gasteiger partial charge in [0.1, 0.15) is 13.2 Å². The van der Waals surface area contributed by atoms with Crippen LogP contribution < -0.4 is 0 Å². The van der Waals surface area contributed by atoms with Crippen LogP contribution in [0.4, 0.5) is 0 Å². The van der Waals surface area contributed by atoms with Crippen LogP contribution in [0.3, 0.4) is 0 Å². The third-order valence-electron chi connectivity index (χ3n) is 0.872. The number of hydrogen-bond acceptors (Lipinski definition) is 4. The molecule has 0 aliphatic heterocycles. The Morgan fingerprint density at radius 1 is 0.917 bits per heavy atom. The summed E-state index contributed by atoms with van der Waals surface area (Å²) < 4.78 is 8.76. The van der Waals surface area contributed by atoms with Crippen LogP contribution in [0.2, 0.25) is 0 Å². The van der Waals surface area contributed by atoms with Gasteiger partial charge in [0.2, 0.25) is 0 Å². The first kappa shape index (κ1) is 13.2. The third kappa shape index (κ3) is 15.8. The van der Waals surface area contributed by atoms with Gasteiger partial charge in [-0.3, -0.25) is 0 Å². The van der Waals surface area contributed by atoms with Crippen molar-refractivity contribution < 1.29 is 9.47 Å². The minimum atomic E-state index is 0.408. The van der Waals surface area contributed by atoms with E-state index in [2.05, 4.69) is 9.47 Å². The minimum absolute atomic E-state index is 0.408. The topological polar surface area (TPSA) is 66.0 Å². The summed E-state index contributed by atoms with van der Waals surface area (Å²) in [5, 5.41) is 15.8. The minimum Gasteiger partial charge on any atom is -0.428 e. The average molecular weight is 170 g/mol. The molecule has 0 aromatic carbocycles. The van der Waals surface area contributed by atoms with E-state index in [9.17, 15) is 0 Å². The summed E-state index contributed by atoms with van der Waals surface area (Å²) in [5.41, 5.74) is 0. The Morgan fingerprint density at radius 2 is 1.25 bits per heavy atom. The Bertz CT molecular complexity index is 128. The van der Waals surface area contributed by atoms with Gasteiger partial charge in [-0.15, -0.1) is 0 Å². The number of nitriles is 2. The predicted molar refractivity (Wildman–Crippen MR) is 43.7 cm³/mol. The molecule has 0 fully saturated rings. The third-order valence-corrected chi connectivity index (χ3v) is 0.872. The molecule has 0 aromatic heterocycles. The van der Waals surface area contributed by atoms with Gasteiger partial charge < -0.3 is 9.47 Å². The number of rotatable bonds is 5. The van der Waals surface area contributed by atoms with Crippen LogP contribution in [0.5, 0.6) is 0 Å². The van der Waals surface area contributed by atoms with Crippen LogP contribution in [0.15, 0.2) is 0 Å². The molecule has 68 valence electrons. The molecule has 0 rings (SSSR count). The predicted octanol–water partition coefficient (Wildman–Crippen LogP) is 1.79. The number of unbranched alkanes of at least 4 members (excludes halogenated alkanes) is 1. The van der Waals surface area contributed by atoms with Crippen LogP contribution in [-0.4, -0.2) is 13.2 Å². The molecular weight excluding hydrogens is 156 g/mol. The highest BCUT2D eigenvalue weighted by Gasteiger charge is 1.87. The molecule has 0 saturated heterocycles. The SMILES string of the molecule is CC.N#COCCCCOC#N. The molecule has 0 unspecified atom stereocenters. The molecule has 4 heteroatoms. The van der Waals surface area contributed by atoms with E-state index in [1.165, 1.54) is 0 Å². The highest BCUT2D eigenvalue weighted by molar-refractivity contribution is 4.50. The van der Waals surface area contributed by atoms with Gasteiger partial charge >= 0.3 is 0 Å². The molecule has 0 N–H and O–H groups in total. The lowest BCUT2D eigenvalue weighted by molar-refractivity contribution is 0.223. The van der Waals surface area contributed by atoms with E-state index in [4.69, 9.17) is 10.5 Å². The Kier molecular flexibility index (Phi) is 17.9. The first-order chi connectivity index (χ1) is 5.91. The molecule has 0 aliphatic rings. The van der Waals surface area contributed by atoms with E-state index < -0.39 is 0 Å². The second-order valence-electron chi connectivity index (χ2n) is 1.59. The van der Waals surface area contributed by atoms with Crippen LogP contribution in [0, 0.1) is 23.0 Å². The number of ether oxygens (including phenoxy) is 2. The van der Waals surface area contributed by atoms with Crippen molar-refractivity contribution in [3.05, 3.63) is 0 Å². The summed E-state index contributed by atoms with van der Waals surface area (Å²) in [4.78, 5) is 0. The maximum Gasteiger partial charge on any atom is 0.286 e. The second-order valence-corrected chi connectivity index (χ2v) is 1.59. The molecule has 0 heterocycles. The van der Waals surface area contributed by atoms with Gasteiger partial charge in [0, 0.05) is 0 Å². The van der Waals surface area contributed by atoms with Gasteiger partial charge in [-0.05, 0) is 12.8 Å². The van der Waals surface area contributed by atoms with Crippen LogP contribution in [0.25, 0.3) is 0 Å². The molecular formula is C8H14N2O2. The number of hydrogen-bond donors (Lipinski definition) is 0. The van der Waals surface area contributed by atoms with Gasteiger partial charge in [0.05, 0.1) is 0 Å². The molecule has 0 aromatic rings. The van der Waals surface area contributed by atoms with Crippen molar-refractivity contribution in [1.29, 1.82) is 10.5 Å². The van der Waals surface area contributed by atoms with Gasteiger partial charge in [0.25, 0.3) is 12.5 Å². The normalized spacial score (nSPS) is 6.67. The van der Waals surface area contributed by atoms with Crippen molar-refractivity contribution in [3.63, 3.8) is 0 Å². The van der Waals surface area contributed by atoms with Crippen LogP contribution >= 0.6 is 0 Å². The van der Waals surface area contributed by atoms with Crippen molar-refractivity contribution in [2.75, 3.05) is 13.2 Å². The lowest BCUT2D eigenvalue weighted by Gasteiger charge is -1.94. The Hall–Kier alpha value is -1.42. The van der Waals surface area contributed by atoms with E-state index in [0.717, 1.165) is 12.8 Å². The molecule has 4 nitrogen and oxygen atoms in total. The second kappa shape index (κ2) is 16.3. The van der Waals surface area contributed by atoms with Gasteiger partial charge in [-0.1, -0.05) is 13.8 Å². The van der Waals surface area contributed by atoms with Crippen LogP contribution in [-0.2, 0) is 9.47 Å². The van der Waals surface area contributed by atoms with Crippen molar-refractivity contribution in [3.8, 4) is 12.5 Å². The Morgan fingerprint density at radius 3 is 1.50 bits per heavy atom. The van der Waals surface area contributed by atoms with Gasteiger partial charge in [-0.2, -0.15) is 10.5 Å². The Labute approximate surface area is 73.3 Å². The van der Waals surface area contributed by atoms with E-state index in [1.807, 2.05) is 13.8 Å². The summed E-state index contributed by atoms with van der Waals surface area (Å²) in [7, 11) is 0. The molecule has 0 bridgehead atoms. The molecule has 12 heavy (non-hydrogen) atoms. The fraction of sp³-hybridized carbons (Fsp3) is 0.750. The maximum atomic E-state index is 7.91. The van der Waals surface area contributed by atoms with E-state index in [-0.39, 0.29) is 0 Å². The first-order valence-corrected chi connectivity index (χ1v) is 3.93. The summed E-state index contributed by atoms with van der Waals surface area (Å²) in [6.07, 6.45) is 4.60. The monoisotopic (exact) mass is 170 g/mol. The molecule has 0 aliphatic carbocycles. The fourth-order valence-corrected chi connectivity index (χ4v) is 0.440. The Balaban J connectivity index is 0. The zero-order chi connectivity index (χ0) is 9.66. The highest BCUT2D eigenvalue weighted by atomic mass is 16.5. The van der Waals surface area contributed by atoms with E-state index in [1.54, 1.807) is 12.5 Å².